The predicted octanol–water partition coefficient (Wildman–Crippen LogP) is 2.00. The van der Waals surface area contributed by atoms with Gasteiger partial charge < -0.3 is 4.84 Å². The average Bonchev–Trinajstić information content (AvgIpc) is 2.94. The van der Waals surface area contributed by atoms with Gasteiger partial charge in [-0.15, -0.1) is 5.10 Å². The number of aryl methyl sites for hydroxylation is 2. The van der Waals surface area contributed by atoms with Crippen LogP contribution in [0.3, 0.4) is 0 Å². The Hall–Kier alpha value is -1.82. The molecule has 18 heavy (non-hydrogen) atoms. The zero-order valence-corrected chi connectivity index (χ0v) is 10.8. The lowest BCUT2D eigenvalue weighted by atomic mass is 10.1. The molecule has 0 aliphatic carbocycles. The molecule has 92 valence electrons. The molecule has 1 aromatic heterocycles. The first-order valence-electron chi connectivity index (χ1n) is 5.76. The molecule has 5 nitrogen and oxygen atoms in total. The second-order valence-electron chi connectivity index (χ2n) is 4.33. The largest absolute Gasteiger partial charge is 0.349 e. The first-order chi connectivity index (χ1) is 8.72. The van der Waals surface area contributed by atoms with Gasteiger partial charge in [-0.25, -0.2) is 4.68 Å². The molecule has 0 atom stereocenters. The van der Waals surface area contributed by atoms with Crippen molar-refractivity contribution < 1.29 is 4.84 Å². The molecule has 2 aromatic rings. The van der Waals surface area contributed by atoms with Gasteiger partial charge in [-0.3, -0.25) is 0 Å². The van der Waals surface area contributed by atoms with Gasteiger partial charge in [-0.05, 0) is 42.8 Å². The Balaban J connectivity index is 1.73. The van der Waals surface area contributed by atoms with Gasteiger partial charge in [0.25, 0.3) is 0 Å². The van der Waals surface area contributed by atoms with Gasteiger partial charge in [0, 0.05) is 7.05 Å². The fourth-order valence-corrected chi connectivity index (χ4v) is 2.21. The Morgan fingerprint density at radius 2 is 2.28 bits per heavy atom. The molecular formula is C12H12N4OS. The molecule has 3 rings (SSSR count). The number of oxime groups is 1. The van der Waals surface area contributed by atoms with Crippen LogP contribution in [0.5, 0.6) is 0 Å². The lowest BCUT2D eigenvalue weighted by Gasteiger charge is -2.00. The molecule has 0 fully saturated rings. The van der Waals surface area contributed by atoms with Crippen molar-refractivity contribution in [3.63, 3.8) is 0 Å². The van der Waals surface area contributed by atoms with E-state index in [2.05, 4.69) is 27.6 Å². The molecule has 2 heterocycles. The maximum absolute atomic E-state index is 4.94. The van der Waals surface area contributed by atoms with E-state index < -0.39 is 0 Å². The Morgan fingerprint density at radius 1 is 1.39 bits per heavy atom. The van der Waals surface area contributed by atoms with E-state index in [1.807, 2.05) is 13.1 Å². The first-order valence-corrected chi connectivity index (χ1v) is 6.17. The summed E-state index contributed by atoms with van der Waals surface area (Å²) in [5, 5.41) is 12.6. The Labute approximate surface area is 109 Å². The van der Waals surface area contributed by atoms with E-state index in [0.29, 0.717) is 11.5 Å². The van der Waals surface area contributed by atoms with Crippen molar-refractivity contribution in [1.29, 1.82) is 0 Å². The zero-order valence-electron chi connectivity index (χ0n) is 9.96. The lowest BCUT2D eigenvalue weighted by molar-refractivity contribution is 0.347. The van der Waals surface area contributed by atoms with Crippen LogP contribution in [-0.2, 0) is 18.3 Å². The molecule has 0 spiro atoms. The summed E-state index contributed by atoms with van der Waals surface area (Å²) in [7, 11) is 1.89. The molecule has 1 aliphatic heterocycles. The summed E-state index contributed by atoms with van der Waals surface area (Å²) < 4.78 is 1.77. The van der Waals surface area contributed by atoms with Crippen LogP contribution in [-0.4, -0.2) is 25.8 Å². The summed E-state index contributed by atoms with van der Waals surface area (Å²) in [5.74, 6) is 0. The molecule has 1 aromatic carbocycles. The standard InChI is InChI=1S/C12H12N4OS/c1-16-11-5-3-8(6-10(11)13-15-16)2-4-9-7-12(18)17-14-9/h3,5-6H,2,4,7H2,1H3. The Bertz CT molecular complexity index is 647. The van der Waals surface area contributed by atoms with Crippen LogP contribution in [0.4, 0.5) is 0 Å². The molecule has 6 heteroatoms. The number of rotatable bonds is 3. The monoisotopic (exact) mass is 260 g/mol. The van der Waals surface area contributed by atoms with Gasteiger partial charge >= 0.3 is 0 Å². The van der Waals surface area contributed by atoms with Crippen molar-refractivity contribution in [3.8, 4) is 0 Å². The number of hydrogen-bond donors (Lipinski definition) is 0. The summed E-state index contributed by atoms with van der Waals surface area (Å²) in [5.41, 5.74) is 4.21. The second-order valence-corrected chi connectivity index (χ2v) is 4.79. The predicted molar refractivity (Wildman–Crippen MR) is 72.6 cm³/mol. The molecule has 0 N–H and O–H groups in total. The lowest BCUT2D eigenvalue weighted by Crippen LogP contribution is -1.99. The fourth-order valence-electron chi connectivity index (χ4n) is 2.01. The summed E-state index contributed by atoms with van der Waals surface area (Å²) in [6.07, 6.45) is 2.46. The molecule has 0 saturated carbocycles. The minimum absolute atomic E-state index is 0.564. The fraction of sp³-hybridized carbons (Fsp3) is 0.333. The third kappa shape index (κ3) is 2.11. The molecule has 0 saturated heterocycles. The highest BCUT2D eigenvalue weighted by molar-refractivity contribution is 7.80. The Kier molecular flexibility index (Phi) is 2.79. The number of fused-ring (bicyclic) bond motifs is 1. The number of thiocarbonyl (C=S) groups is 1. The number of aromatic nitrogens is 3. The van der Waals surface area contributed by atoms with Crippen LogP contribution < -0.4 is 0 Å². The summed E-state index contributed by atoms with van der Waals surface area (Å²) in [6.45, 7) is 0. The third-order valence-electron chi connectivity index (χ3n) is 3.00. The summed E-state index contributed by atoms with van der Waals surface area (Å²) in [6, 6.07) is 6.21. The normalized spacial score (nSPS) is 14.9. The highest BCUT2D eigenvalue weighted by Gasteiger charge is 2.13. The van der Waals surface area contributed by atoms with E-state index in [9.17, 15) is 0 Å². The van der Waals surface area contributed by atoms with E-state index in [-0.39, 0.29) is 0 Å². The second kappa shape index (κ2) is 4.45. The quantitative estimate of drug-likeness (QED) is 0.792. The van der Waals surface area contributed by atoms with Crippen LogP contribution in [0.15, 0.2) is 23.4 Å². The SMILES string of the molecule is Cn1nnc2cc(CCC3=NOC(=S)C3)ccc21. The van der Waals surface area contributed by atoms with Crippen molar-refractivity contribution in [2.24, 2.45) is 12.2 Å². The molecule has 0 unspecified atom stereocenters. The summed E-state index contributed by atoms with van der Waals surface area (Å²) >= 11 is 4.94. The number of benzene rings is 1. The molecule has 0 amide bonds. The van der Waals surface area contributed by atoms with Gasteiger partial charge in [0.15, 0.2) is 0 Å². The van der Waals surface area contributed by atoms with E-state index in [1.54, 1.807) is 4.68 Å². The highest BCUT2D eigenvalue weighted by Crippen LogP contribution is 2.16. The van der Waals surface area contributed by atoms with Crippen molar-refractivity contribution in [2.45, 2.75) is 19.3 Å². The van der Waals surface area contributed by atoms with E-state index >= 15 is 0 Å². The number of hydrogen-bond acceptors (Lipinski definition) is 5. The molecule has 0 bridgehead atoms. The first kappa shape index (κ1) is 11.3. The zero-order chi connectivity index (χ0) is 12.5. The van der Waals surface area contributed by atoms with Gasteiger partial charge in [0.05, 0.1) is 17.6 Å². The number of nitrogens with zero attached hydrogens (tertiary/aromatic N) is 4. The average molecular weight is 260 g/mol. The molecule has 1 aliphatic rings. The summed E-state index contributed by atoms with van der Waals surface area (Å²) in [4.78, 5) is 4.92. The maximum atomic E-state index is 4.94. The van der Waals surface area contributed by atoms with Crippen LogP contribution in [0.2, 0.25) is 0 Å². The van der Waals surface area contributed by atoms with Gasteiger partial charge in [0.2, 0.25) is 5.05 Å². The molecule has 0 radical (unpaired) electrons. The van der Waals surface area contributed by atoms with Crippen LogP contribution in [0.25, 0.3) is 11.0 Å². The molecular weight excluding hydrogens is 248 g/mol. The minimum atomic E-state index is 0.564. The minimum Gasteiger partial charge on any atom is -0.349 e. The van der Waals surface area contributed by atoms with E-state index in [0.717, 1.165) is 29.6 Å². The maximum Gasteiger partial charge on any atom is 0.203 e. The van der Waals surface area contributed by atoms with Gasteiger partial charge in [-0.1, -0.05) is 16.4 Å². The topological polar surface area (TPSA) is 52.3 Å². The van der Waals surface area contributed by atoms with Gasteiger partial charge in [-0.2, -0.15) is 0 Å². The van der Waals surface area contributed by atoms with Crippen molar-refractivity contribution in [1.82, 2.24) is 15.0 Å². The van der Waals surface area contributed by atoms with Crippen molar-refractivity contribution in [3.05, 3.63) is 23.8 Å². The van der Waals surface area contributed by atoms with E-state index in [1.165, 1.54) is 5.56 Å². The Morgan fingerprint density at radius 3 is 3.06 bits per heavy atom. The van der Waals surface area contributed by atoms with Crippen molar-refractivity contribution in [2.75, 3.05) is 0 Å². The van der Waals surface area contributed by atoms with Crippen LogP contribution >= 0.6 is 12.2 Å². The van der Waals surface area contributed by atoms with E-state index in [4.69, 9.17) is 17.1 Å². The smallest absolute Gasteiger partial charge is 0.203 e. The van der Waals surface area contributed by atoms with Crippen LogP contribution in [0, 0.1) is 0 Å². The highest BCUT2D eigenvalue weighted by atomic mass is 32.1. The third-order valence-corrected chi connectivity index (χ3v) is 3.22. The van der Waals surface area contributed by atoms with Gasteiger partial charge in [0.1, 0.15) is 5.52 Å². The van der Waals surface area contributed by atoms with Crippen molar-refractivity contribution >= 4 is 34.0 Å². The van der Waals surface area contributed by atoms with Crippen LogP contribution in [0.1, 0.15) is 18.4 Å².